The van der Waals surface area contributed by atoms with Crippen LogP contribution in [-0.2, 0) is 5.41 Å². The number of anilines is 2. The molecule has 0 fully saturated rings. The average molecular weight is 367 g/mol. The standard InChI is InChI=1S/C19H21N5OS/c1-12-11-13(9-10-20-12)16-23-24-18(26-16)22-17(25)21-15-7-5-14(6-8-15)19(2,3)4/h5-11H,1-4H3,(H2,21,22,24,25). The smallest absolute Gasteiger partial charge is 0.308 e. The number of rotatable bonds is 3. The monoisotopic (exact) mass is 367 g/mol. The van der Waals surface area contributed by atoms with Crippen molar-refractivity contribution in [2.24, 2.45) is 0 Å². The van der Waals surface area contributed by atoms with Crippen molar-refractivity contribution in [3.05, 3.63) is 53.9 Å². The van der Waals surface area contributed by atoms with Crippen LogP contribution < -0.4 is 10.6 Å². The molecule has 26 heavy (non-hydrogen) atoms. The molecule has 0 aliphatic rings. The minimum Gasteiger partial charge on any atom is -0.308 e. The van der Waals surface area contributed by atoms with E-state index in [1.807, 2.05) is 43.3 Å². The first-order chi connectivity index (χ1) is 12.3. The van der Waals surface area contributed by atoms with Gasteiger partial charge in [-0.1, -0.05) is 44.2 Å². The fourth-order valence-corrected chi connectivity index (χ4v) is 3.12. The van der Waals surface area contributed by atoms with Crippen LogP contribution in [0.3, 0.4) is 0 Å². The van der Waals surface area contributed by atoms with Crippen LogP contribution >= 0.6 is 11.3 Å². The van der Waals surface area contributed by atoms with Gasteiger partial charge in [-0.25, -0.2) is 4.79 Å². The van der Waals surface area contributed by atoms with Crippen LogP contribution in [0.1, 0.15) is 32.0 Å². The zero-order valence-corrected chi connectivity index (χ0v) is 16.0. The molecule has 7 heteroatoms. The van der Waals surface area contributed by atoms with Crippen LogP contribution in [0.25, 0.3) is 10.6 Å². The van der Waals surface area contributed by atoms with E-state index in [0.29, 0.717) is 5.13 Å². The van der Waals surface area contributed by atoms with E-state index in [1.165, 1.54) is 16.9 Å². The third-order valence-electron chi connectivity index (χ3n) is 3.80. The van der Waals surface area contributed by atoms with Crippen molar-refractivity contribution in [3.63, 3.8) is 0 Å². The van der Waals surface area contributed by atoms with Crippen molar-refractivity contribution in [3.8, 4) is 10.6 Å². The summed E-state index contributed by atoms with van der Waals surface area (Å²) in [5.41, 5.74) is 3.86. The molecule has 0 radical (unpaired) electrons. The van der Waals surface area contributed by atoms with Gasteiger partial charge in [0.2, 0.25) is 5.13 Å². The van der Waals surface area contributed by atoms with E-state index in [2.05, 4.69) is 46.6 Å². The second-order valence-corrected chi connectivity index (χ2v) is 7.98. The number of pyridine rings is 1. The van der Waals surface area contributed by atoms with E-state index >= 15 is 0 Å². The second kappa shape index (κ2) is 7.21. The zero-order chi connectivity index (χ0) is 18.7. The van der Waals surface area contributed by atoms with Gasteiger partial charge in [-0.3, -0.25) is 10.3 Å². The van der Waals surface area contributed by atoms with Gasteiger partial charge in [-0.15, -0.1) is 10.2 Å². The average Bonchev–Trinajstić information content (AvgIpc) is 3.03. The Morgan fingerprint density at radius 1 is 1.04 bits per heavy atom. The lowest BCUT2D eigenvalue weighted by Crippen LogP contribution is -2.19. The van der Waals surface area contributed by atoms with E-state index in [9.17, 15) is 4.79 Å². The van der Waals surface area contributed by atoms with Crippen LogP contribution in [0, 0.1) is 6.92 Å². The summed E-state index contributed by atoms with van der Waals surface area (Å²) in [6.45, 7) is 8.38. The predicted octanol–water partition coefficient (Wildman–Crippen LogP) is 4.85. The molecular formula is C19H21N5OS. The summed E-state index contributed by atoms with van der Waals surface area (Å²) in [5.74, 6) is 0. The Bertz CT molecular complexity index is 912. The largest absolute Gasteiger partial charge is 0.325 e. The highest BCUT2D eigenvalue weighted by molar-refractivity contribution is 7.18. The number of amides is 2. The molecule has 0 aliphatic heterocycles. The maximum absolute atomic E-state index is 12.2. The highest BCUT2D eigenvalue weighted by atomic mass is 32.1. The summed E-state index contributed by atoms with van der Waals surface area (Å²) >= 11 is 1.32. The minimum absolute atomic E-state index is 0.0784. The van der Waals surface area contributed by atoms with Crippen molar-refractivity contribution in [2.45, 2.75) is 33.1 Å². The van der Waals surface area contributed by atoms with Crippen molar-refractivity contribution in [1.29, 1.82) is 0 Å². The molecule has 1 aromatic carbocycles. The quantitative estimate of drug-likeness (QED) is 0.693. The number of benzene rings is 1. The topological polar surface area (TPSA) is 79.8 Å². The molecule has 2 heterocycles. The summed E-state index contributed by atoms with van der Waals surface area (Å²) in [6, 6.07) is 11.3. The third kappa shape index (κ3) is 4.43. The first-order valence-corrected chi connectivity index (χ1v) is 9.08. The number of urea groups is 1. The van der Waals surface area contributed by atoms with Crippen molar-refractivity contribution < 1.29 is 4.79 Å². The minimum atomic E-state index is -0.345. The fourth-order valence-electron chi connectivity index (χ4n) is 2.38. The van der Waals surface area contributed by atoms with Gasteiger partial charge in [0.05, 0.1) is 0 Å². The molecule has 0 spiro atoms. The van der Waals surface area contributed by atoms with Crippen molar-refractivity contribution in [2.75, 3.05) is 10.6 Å². The Balaban J connectivity index is 1.64. The van der Waals surface area contributed by atoms with Crippen LogP contribution in [0.15, 0.2) is 42.6 Å². The summed E-state index contributed by atoms with van der Waals surface area (Å²) in [5, 5.41) is 14.9. The highest BCUT2D eigenvalue weighted by Gasteiger charge is 2.14. The normalized spacial score (nSPS) is 11.2. The molecule has 2 aromatic heterocycles. The van der Waals surface area contributed by atoms with E-state index in [0.717, 1.165) is 22.0 Å². The summed E-state index contributed by atoms with van der Waals surface area (Å²) < 4.78 is 0. The molecule has 2 amide bonds. The molecule has 134 valence electrons. The molecule has 0 saturated heterocycles. The predicted molar refractivity (Wildman–Crippen MR) is 106 cm³/mol. The third-order valence-corrected chi connectivity index (χ3v) is 4.69. The van der Waals surface area contributed by atoms with E-state index in [4.69, 9.17) is 0 Å². The number of carbonyl (C=O) groups is 1. The highest BCUT2D eigenvalue weighted by Crippen LogP contribution is 2.27. The van der Waals surface area contributed by atoms with E-state index < -0.39 is 0 Å². The number of nitrogens with zero attached hydrogens (tertiary/aromatic N) is 3. The van der Waals surface area contributed by atoms with Crippen LogP contribution in [0.4, 0.5) is 15.6 Å². The van der Waals surface area contributed by atoms with Crippen LogP contribution in [0.5, 0.6) is 0 Å². The van der Waals surface area contributed by atoms with E-state index in [-0.39, 0.29) is 11.4 Å². The molecule has 0 atom stereocenters. The van der Waals surface area contributed by atoms with Gasteiger partial charge >= 0.3 is 6.03 Å². The lowest BCUT2D eigenvalue weighted by molar-refractivity contribution is 0.262. The van der Waals surface area contributed by atoms with Gasteiger partial charge in [0.25, 0.3) is 0 Å². The number of aromatic nitrogens is 3. The number of hydrogen-bond acceptors (Lipinski definition) is 5. The molecule has 0 bridgehead atoms. The Morgan fingerprint density at radius 3 is 2.42 bits per heavy atom. The summed E-state index contributed by atoms with van der Waals surface area (Å²) in [4.78, 5) is 16.3. The van der Waals surface area contributed by atoms with Crippen LogP contribution in [0.2, 0.25) is 0 Å². The van der Waals surface area contributed by atoms with E-state index in [1.54, 1.807) is 6.20 Å². The molecule has 3 rings (SSSR count). The molecular weight excluding hydrogens is 346 g/mol. The Labute approximate surface area is 156 Å². The molecule has 0 aliphatic carbocycles. The number of nitrogens with one attached hydrogen (secondary N) is 2. The molecule has 2 N–H and O–H groups in total. The second-order valence-electron chi connectivity index (χ2n) is 7.00. The fraction of sp³-hybridized carbons (Fsp3) is 0.263. The van der Waals surface area contributed by atoms with Crippen LogP contribution in [-0.4, -0.2) is 21.2 Å². The molecule has 3 aromatic rings. The first-order valence-electron chi connectivity index (χ1n) is 8.26. The maximum atomic E-state index is 12.2. The van der Waals surface area contributed by atoms with Gasteiger partial charge < -0.3 is 5.32 Å². The van der Waals surface area contributed by atoms with Gasteiger partial charge in [-0.2, -0.15) is 0 Å². The Morgan fingerprint density at radius 2 is 1.77 bits per heavy atom. The Kier molecular flexibility index (Phi) is 4.99. The lowest BCUT2D eigenvalue weighted by atomic mass is 9.87. The number of carbonyl (C=O) groups excluding carboxylic acids is 1. The summed E-state index contributed by atoms with van der Waals surface area (Å²) in [6.07, 6.45) is 1.73. The summed E-state index contributed by atoms with van der Waals surface area (Å²) in [7, 11) is 0. The van der Waals surface area contributed by atoms with Gasteiger partial charge in [0, 0.05) is 23.1 Å². The zero-order valence-electron chi connectivity index (χ0n) is 15.2. The molecule has 6 nitrogen and oxygen atoms in total. The maximum Gasteiger partial charge on any atom is 0.325 e. The number of hydrogen-bond donors (Lipinski definition) is 2. The first kappa shape index (κ1) is 18.0. The van der Waals surface area contributed by atoms with Crippen molar-refractivity contribution >= 4 is 28.2 Å². The Hall–Kier alpha value is -2.80. The number of aryl methyl sites for hydroxylation is 1. The van der Waals surface area contributed by atoms with Gasteiger partial charge in [0.15, 0.2) is 0 Å². The molecule has 0 saturated carbocycles. The lowest BCUT2D eigenvalue weighted by Gasteiger charge is -2.19. The van der Waals surface area contributed by atoms with Crippen molar-refractivity contribution in [1.82, 2.24) is 15.2 Å². The van der Waals surface area contributed by atoms with Gasteiger partial charge in [-0.05, 0) is 42.2 Å². The molecule has 0 unspecified atom stereocenters. The van der Waals surface area contributed by atoms with Gasteiger partial charge in [0.1, 0.15) is 5.01 Å². The SMILES string of the molecule is Cc1cc(-c2nnc(NC(=O)Nc3ccc(C(C)(C)C)cc3)s2)ccn1.